The van der Waals surface area contributed by atoms with Gasteiger partial charge in [-0.25, -0.2) is 0 Å². The average Bonchev–Trinajstić information content (AvgIpc) is 2.48. The second kappa shape index (κ2) is 6.66. The molecule has 0 unspecified atom stereocenters. The first kappa shape index (κ1) is 13.2. The van der Waals surface area contributed by atoms with Gasteiger partial charge in [0, 0.05) is 38.1 Å². The zero-order valence-corrected chi connectivity index (χ0v) is 10.9. The van der Waals surface area contributed by atoms with Crippen LogP contribution < -0.4 is 10.6 Å². The fourth-order valence-electron chi connectivity index (χ4n) is 1.77. The van der Waals surface area contributed by atoms with Gasteiger partial charge in [-0.05, 0) is 35.4 Å². The summed E-state index contributed by atoms with van der Waals surface area (Å²) in [6, 6.07) is 11.6. The Balaban J connectivity index is 1.85. The van der Waals surface area contributed by atoms with Crippen LogP contribution in [0, 0.1) is 0 Å². The van der Waals surface area contributed by atoms with Crippen molar-refractivity contribution in [1.29, 1.82) is 0 Å². The van der Waals surface area contributed by atoms with Crippen molar-refractivity contribution in [2.24, 2.45) is 0 Å². The second-order valence-electron chi connectivity index (χ2n) is 4.24. The molecule has 2 rings (SSSR count). The number of amides is 1. The summed E-state index contributed by atoms with van der Waals surface area (Å²) in [5, 5.41) is 5.96. The van der Waals surface area contributed by atoms with Crippen LogP contribution in [0.25, 0.3) is 0 Å². The first-order valence-electron chi connectivity index (χ1n) is 6.20. The van der Waals surface area contributed by atoms with Crippen molar-refractivity contribution >= 4 is 5.91 Å². The van der Waals surface area contributed by atoms with Gasteiger partial charge in [0.25, 0.3) is 5.91 Å². The molecule has 0 atom stereocenters. The number of rotatable bonds is 5. The van der Waals surface area contributed by atoms with E-state index in [-0.39, 0.29) is 5.91 Å². The van der Waals surface area contributed by atoms with Gasteiger partial charge in [-0.2, -0.15) is 0 Å². The molecule has 1 amide bonds. The third kappa shape index (κ3) is 3.89. The molecule has 4 heteroatoms. The molecule has 1 aromatic heterocycles. The predicted molar refractivity (Wildman–Crippen MR) is 74.6 cm³/mol. The number of carbonyl (C=O) groups excluding carboxylic acids is 1. The lowest BCUT2D eigenvalue weighted by molar-refractivity contribution is 0.0963. The summed E-state index contributed by atoms with van der Waals surface area (Å²) in [5.74, 6) is -0.0590. The quantitative estimate of drug-likeness (QED) is 0.855. The molecule has 1 aromatic carbocycles. The van der Waals surface area contributed by atoms with Crippen LogP contribution in [0.2, 0.25) is 0 Å². The molecule has 0 aliphatic heterocycles. The highest BCUT2D eigenvalue weighted by Gasteiger charge is 2.01. The van der Waals surface area contributed by atoms with Gasteiger partial charge in [-0.1, -0.05) is 12.1 Å². The summed E-state index contributed by atoms with van der Waals surface area (Å²) < 4.78 is 0. The molecule has 0 aliphatic carbocycles. The summed E-state index contributed by atoms with van der Waals surface area (Å²) in [7, 11) is 1.63. The van der Waals surface area contributed by atoms with Gasteiger partial charge in [0.1, 0.15) is 0 Å². The molecule has 0 radical (unpaired) electrons. The van der Waals surface area contributed by atoms with E-state index in [9.17, 15) is 4.79 Å². The van der Waals surface area contributed by atoms with E-state index in [1.807, 2.05) is 36.4 Å². The Morgan fingerprint density at radius 2 is 1.58 bits per heavy atom. The molecule has 4 nitrogen and oxygen atoms in total. The normalized spacial score (nSPS) is 10.2. The third-order valence-electron chi connectivity index (χ3n) is 2.85. The van der Waals surface area contributed by atoms with Crippen LogP contribution >= 0.6 is 0 Å². The molecule has 0 saturated carbocycles. The van der Waals surface area contributed by atoms with Crippen molar-refractivity contribution in [3.05, 3.63) is 65.5 Å². The molecule has 0 saturated heterocycles. The number of nitrogens with one attached hydrogen (secondary N) is 2. The Bertz CT molecular complexity index is 523. The standard InChI is InChI=1S/C15H17N3O/c1-16-15(19)14-4-2-12(3-5-14)10-18-11-13-6-8-17-9-7-13/h2-9,18H,10-11H2,1H3,(H,16,19). The Kier molecular flexibility index (Phi) is 4.64. The molecule has 0 bridgehead atoms. The molecule has 2 N–H and O–H groups in total. The summed E-state index contributed by atoms with van der Waals surface area (Å²) in [5.41, 5.74) is 3.04. The number of hydrogen-bond acceptors (Lipinski definition) is 3. The number of benzene rings is 1. The minimum absolute atomic E-state index is 0.0590. The summed E-state index contributed by atoms with van der Waals surface area (Å²) in [6.45, 7) is 1.58. The number of hydrogen-bond donors (Lipinski definition) is 2. The van der Waals surface area contributed by atoms with Gasteiger partial charge in [0.05, 0.1) is 0 Å². The first-order valence-corrected chi connectivity index (χ1v) is 6.20. The highest BCUT2D eigenvalue weighted by Crippen LogP contribution is 2.05. The molecular formula is C15H17N3O. The predicted octanol–water partition coefficient (Wildman–Crippen LogP) is 1.73. The van der Waals surface area contributed by atoms with E-state index in [1.54, 1.807) is 19.4 Å². The summed E-state index contributed by atoms with van der Waals surface area (Å²) in [4.78, 5) is 15.4. The van der Waals surface area contributed by atoms with E-state index in [1.165, 1.54) is 5.56 Å². The van der Waals surface area contributed by atoms with Crippen molar-refractivity contribution in [2.75, 3.05) is 7.05 Å². The van der Waals surface area contributed by atoms with Crippen LogP contribution in [0.5, 0.6) is 0 Å². The fourth-order valence-corrected chi connectivity index (χ4v) is 1.77. The minimum Gasteiger partial charge on any atom is -0.355 e. The maximum atomic E-state index is 11.4. The number of nitrogens with zero attached hydrogens (tertiary/aromatic N) is 1. The second-order valence-corrected chi connectivity index (χ2v) is 4.24. The summed E-state index contributed by atoms with van der Waals surface area (Å²) >= 11 is 0. The van der Waals surface area contributed by atoms with Crippen molar-refractivity contribution in [3.63, 3.8) is 0 Å². The van der Waals surface area contributed by atoms with Gasteiger partial charge in [0.15, 0.2) is 0 Å². The van der Waals surface area contributed by atoms with Crippen LogP contribution in [0.15, 0.2) is 48.8 Å². The van der Waals surface area contributed by atoms with Crippen LogP contribution in [0.4, 0.5) is 0 Å². The van der Waals surface area contributed by atoms with Gasteiger partial charge in [-0.3, -0.25) is 9.78 Å². The maximum absolute atomic E-state index is 11.4. The van der Waals surface area contributed by atoms with E-state index in [2.05, 4.69) is 15.6 Å². The van der Waals surface area contributed by atoms with Crippen molar-refractivity contribution < 1.29 is 4.79 Å². The number of aromatic nitrogens is 1. The molecule has 0 aliphatic rings. The molecular weight excluding hydrogens is 238 g/mol. The Hall–Kier alpha value is -2.20. The lowest BCUT2D eigenvalue weighted by Crippen LogP contribution is -2.18. The maximum Gasteiger partial charge on any atom is 0.251 e. The van der Waals surface area contributed by atoms with Gasteiger partial charge >= 0.3 is 0 Å². The van der Waals surface area contributed by atoms with E-state index in [0.717, 1.165) is 18.7 Å². The zero-order valence-electron chi connectivity index (χ0n) is 10.9. The van der Waals surface area contributed by atoms with Gasteiger partial charge in [-0.15, -0.1) is 0 Å². The van der Waals surface area contributed by atoms with Crippen LogP contribution in [-0.4, -0.2) is 17.9 Å². The molecule has 0 spiro atoms. The number of carbonyl (C=O) groups is 1. The average molecular weight is 255 g/mol. The monoisotopic (exact) mass is 255 g/mol. The topological polar surface area (TPSA) is 54.0 Å². The van der Waals surface area contributed by atoms with Crippen molar-refractivity contribution in [1.82, 2.24) is 15.6 Å². The molecule has 1 heterocycles. The smallest absolute Gasteiger partial charge is 0.251 e. The van der Waals surface area contributed by atoms with E-state index >= 15 is 0 Å². The van der Waals surface area contributed by atoms with Gasteiger partial charge in [0.2, 0.25) is 0 Å². The van der Waals surface area contributed by atoms with E-state index < -0.39 is 0 Å². The van der Waals surface area contributed by atoms with E-state index in [0.29, 0.717) is 5.56 Å². The molecule has 19 heavy (non-hydrogen) atoms. The molecule has 2 aromatic rings. The van der Waals surface area contributed by atoms with Crippen LogP contribution in [0.1, 0.15) is 21.5 Å². The van der Waals surface area contributed by atoms with Crippen molar-refractivity contribution in [2.45, 2.75) is 13.1 Å². The van der Waals surface area contributed by atoms with Crippen molar-refractivity contribution in [3.8, 4) is 0 Å². The highest BCUT2D eigenvalue weighted by atomic mass is 16.1. The molecule has 0 fully saturated rings. The first-order chi connectivity index (χ1) is 9.29. The van der Waals surface area contributed by atoms with Crippen LogP contribution in [0.3, 0.4) is 0 Å². The third-order valence-corrected chi connectivity index (χ3v) is 2.85. The van der Waals surface area contributed by atoms with E-state index in [4.69, 9.17) is 0 Å². The highest BCUT2D eigenvalue weighted by molar-refractivity contribution is 5.93. The fraction of sp³-hybridized carbons (Fsp3) is 0.200. The molecule has 98 valence electrons. The SMILES string of the molecule is CNC(=O)c1ccc(CNCc2ccncc2)cc1. The summed E-state index contributed by atoms with van der Waals surface area (Å²) in [6.07, 6.45) is 3.57. The zero-order chi connectivity index (χ0) is 13.5. The Labute approximate surface area is 112 Å². The largest absolute Gasteiger partial charge is 0.355 e. The van der Waals surface area contributed by atoms with Gasteiger partial charge < -0.3 is 10.6 Å². The lowest BCUT2D eigenvalue weighted by atomic mass is 10.1. The lowest BCUT2D eigenvalue weighted by Gasteiger charge is -2.06. The number of pyridine rings is 1. The minimum atomic E-state index is -0.0590. The Morgan fingerprint density at radius 1 is 1.00 bits per heavy atom. The Morgan fingerprint density at radius 3 is 2.16 bits per heavy atom. The van der Waals surface area contributed by atoms with Crippen LogP contribution in [-0.2, 0) is 13.1 Å².